The number of para-hydroxylation sites is 1. The van der Waals surface area contributed by atoms with Crippen LogP contribution in [0, 0.1) is 0 Å². The number of nitrogens with two attached hydrogens (primary N) is 1. The molecule has 58 valence electrons. The van der Waals surface area contributed by atoms with Crippen LogP contribution in [0.3, 0.4) is 0 Å². The molecule has 1 amide bonds. The number of amides is 1. The molecule has 0 aliphatic heterocycles. The van der Waals surface area contributed by atoms with Gasteiger partial charge >= 0.3 is 0 Å². The van der Waals surface area contributed by atoms with Crippen LogP contribution >= 0.6 is 0 Å². The van der Waals surface area contributed by atoms with Crippen LogP contribution in [-0.4, -0.2) is 12.9 Å². The van der Waals surface area contributed by atoms with Crippen LogP contribution in [0.4, 0.5) is 5.69 Å². The number of anilines is 1. The number of nitrogens with one attached hydrogen (secondary N) is 1. The first-order valence-electron chi connectivity index (χ1n) is 4.57. The minimum Gasteiger partial charge on any atom is -0.387 e. The Balaban J connectivity index is 3.02. The van der Waals surface area contributed by atoms with E-state index >= 15 is 0 Å². The lowest BCUT2D eigenvalue weighted by Crippen LogP contribution is -2.12. The second kappa shape index (κ2) is 3.05. The molecule has 0 atom stereocenters. The van der Waals surface area contributed by atoms with Gasteiger partial charge in [0.05, 0.1) is 5.56 Å². The average Bonchev–Trinajstić information content (AvgIpc) is 2.01. The lowest BCUT2D eigenvalue weighted by Gasteiger charge is -2.03. The molecular weight excluding hydrogens is 140 g/mol. The highest BCUT2D eigenvalue weighted by atomic mass is 16.1. The third kappa shape index (κ3) is 1.49. The molecule has 0 spiro atoms. The van der Waals surface area contributed by atoms with Crippen LogP contribution in [0.2, 0.25) is 0 Å². The van der Waals surface area contributed by atoms with Gasteiger partial charge in [0.15, 0.2) is 0 Å². The van der Waals surface area contributed by atoms with E-state index in [9.17, 15) is 4.79 Å². The quantitative estimate of drug-likeness (QED) is 0.661. The van der Waals surface area contributed by atoms with Crippen molar-refractivity contribution in [3.05, 3.63) is 29.8 Å². The molecule has 0 aromatic heterocycles. The lowest BCUT2D eigenvalue weighted by atomic mass is 10.2. The summed E-state index contributed by atoms with van der Waals surface area (Å²) in [5, 5.41) is 2.23. The van der Waals surface area contributed by atoms with Crippen molar-refractivity contribution in [3.8, 4) is 0 Å². The van der Waals surface area contributed by atoms with Gasteiger partial charge in [0.2, 0.25) is 0 Å². The molecule has 1 aromatic carbocycles. The predicted molar refractivity (Wildman–Crippen MR) is 44.5 cm³/mol. The van der Waals surface area contributed by atoms with Gasteiger partial charge in [-0.05, 0) is 12.1 Å². The van der Waals surface area contributed by atoms with E-state index in [0.717, 1.165) is 0 Å². The van der Waals surface area contributed by atoms with Crippen LogP contribution in [0.25, 0.3) is 0 Å². The highest BCUT2D eigenvalue weighted by Gasteiger charge is 2.03. The maximum absolute atomic E-state index is 10.9. The van der Waals surface area contributed by atoms with Gasteiger partial charge in [0.25, 0.3) is 5.91 Å². The molecule has 0 aliphatic carbocycles. The lowest BCUT2D eigenvalue weighted by molar-refractivity contribution is 0.100. The van der Waals surface area contributed by atoms with E-state index < -0.39 is 12.9 Å². The molecule has 0 saturated heterocycles. The highest BCUT2D eigenvalue weighted by molar-refractivity contribution is 5.98. The first kappa shape index (κ1) is 4.38. The Hall–Kier alpha value is -1.51. The molecule has 3 N–H and O–H groups in total. The van der Waals surface area contributed by atoms with Gasteiger partial charge < -0.3 is 11.1 Å². The zero-order chi connectivity index (χ0) is 10.8. The van der Waals surface area contributed by atoms with Crippen molar-refractivity contribution in [1.29, 1.82) is 0 Å². The summed E-state index contributed by atoms with van der Waals surface area (Å²) in [6.45, 7) is -2.33. The molecule has 0 aliphatic rings. The molecule has 0 radical (unpaired) electrons. The summed E-state index contributed by atoms with van der Waals surface area (Å²) >= 11 is 0. The van der Waals surface area contributed by atoms with Crippen molar-refractivity contribution < 1.29 is 8.91 Å². The SMILES string of the molecule is [2H]C([2H])([2H])Nc1ccccc1C(N)=O. The maximum atomic E-state index is 10.9. The van der Waals surface area contributed by atoms with E-state index in [0.29, 0.717) is 0 Å². The van der Waals surface area contributed by atoms with Crippen LogP contribution in [-0.2, 0) is 0 Å². The van der Waals surface area contributed by atoms with E-state index in [-0.39, 0.29) is 11.3 Å². The number of hydrogen-bond acceptors (Lipinski definition) is 2. The monoisotopic (exact) mass is 153 g/mol. The minimum atomic E-state index is -2.33. The van der Waals surface area contributed by atoms with Gasteiger partial charge in [-0.15, -0.1) is 0 Å². The largest absolute Gasteiger partial charge is 0.387 e. The number of carbonyl (C=O) groups excluding carboxylic acids is 1. The highest BCUT2D eigenvalue weighted by Crippen LogP contribution is 2.12. The molecule has 1 rings (SSSR count). The summed E-state index contributed by atoms with van der Waals surface area (Å²) < 4.78 is 20.9. The molecular formula is C8H10N2O. The Morgan fingerprint density at radius 2 is 2.36 bits per heavy atom. The van der Waals surface area contributed by atoms with Crippen molar-refractivity contribution >= 4 is 11.6 Å². The first-order valence-corrected chi connectivity index (χ1v) is 3.07. The van der Waals surface area contributed by atoms with Gasteiger partial charge in [-0.3, -0.25) is 4.79 Å². The van der Waals surface area contributed by atoms with E-state index in [2.05, 4.69) is 5.32 Å². The van der Waals surface area contributed by atoms with Gasteiger partial charge in [0, 0.05) is 16.8 Å². The molecule has 0 unspecified atom stereocenters. The maximum Gasteiger partial charge on any atom is 0.250 e. The average molecular weight is 153 g/mol. The van der Waals surface area contributed by atoms with Crippen LogP contribution in [0.1, 0.15) is 14.5 Å². The van der Waals surface area contributed by atoms with Gasteiger partial charge in [0.1, 0.15) is 0 Å². The number of hydrogen-bond donors (Lipinski definition) is 2. The molecule has 3 heteroatoms. The van der Waals surface area contributed by atoms with Gasteiger partial charge in [-0.2, -0.15) is 0 Å². The smallest absolute Gasteiger partial charge is 0.250 e. The topological polar surface area (TPSA) is 55.1 Å². The summed E-state index contributed by atoms with van der Waals surface area (Å²) in [7, 11) is 0. The first-order chi connectivity index (χ1) is 6.40. The summed E-state index contributed by atoms with van der Waals surface area (Å²) in [5.41, 5.74) is 5.46. The van der Waals surface area contributed by atoms with Crippen LogP contribution in [0.5, 0.6) is 0 Å². The normalized spacial score (nSPS) is 14.4. The zero-order valence-corrected chi connectivity index (χ0v) is 5.79. The Morgan fingerprint density at radius 1 is 1.64 bits per heavy atom. The number of primary amides is 1. The molecule has 1 aromatic rings. The number of carbonyl (C=O) groups is 1. The summed E-state index contributed by atoms with van der Waals surface area (Å²) in [6.07, 6.45) is 0. The van der Waals surface area contributed by atoms with Crippen molar-refractivity contribution in [2.24, 2.45) is 5.73 Å². The van der Waals surface area contributed by atoms with Crippen LogP contribution < -0.4 is 11.1 Å². The fourth-order valence-electron chi connectivity index (χ4n) is 0.807. The molecule has 0 bridgehead atoms. The molecule has 0 fully saturated rings. The molecule has 0 saturated carbocycles. The minimum absolute atomic E-state index is 0.170. The summed E-state index contributed by atoms with van der Waals surface area (Å²) in [5.74, 6) is -0.655. The Labute approximate surface area is 69.4 Å². The third-order valence-electron chi connectivity index (χ3n) is 1.33. The number of benzene rings is 1. The Kier molecular flexibility index (Phi) is 1.22. The second-order valence-corrected chi connectivity index (χ2v) is 2.03. The molecule has 0 heterocycles. The Morgan fingerprint density at radius 3 is 3.00 bits per heavy atom. The zero-order valence-electron chi connectivity index (χ0n) is 8.79. The van der Waals surface area contributed by atoms with E-state index in [1.54, 1.807) is 12.1 Å². The van der Waals surface area contributed by atoms with Crippen molar-refractivity contribution in [1.82, 2.24) is 0 Å². The fraction of sp³-hybridized carbons (Fsp3) is 0.125. The third-order valence-corrected chi connectivity index (χ3v) is 1.33. The van der Waals surface area contributed by atoms with E-state index in [4.69, 9.17) is 9.85 Å². The number of rotatable bonds is 2. The standard InChI is InChI=1S/C8H10N2O/c1-10-7-5-3-2-4-6(7)8(9)11/h2-5,10H,1H3,(H2,9,11)/i1D3. The van der Waals surface area contributed by atoms with E-state index in [1.165, 1.54) is 12.1 Å². The summed E-state index contributed by atoms with van der Waals surface area (Å²) in [4.78, 5) is 10.9. The van der Waals surface area contributed by atoms with Crippen molar-refractivity contribution in [3.63, 3.8) is 0 Å². The predicted octanol–water partition coefficient (Wildman–Crippen LogP) is 0.827. The van der Waals surface area contributed by atoms with Crippen LogP contribution in [0.15, 0.2) is 24.3 Å². The molecule has 3 nitrogen and oxygen atoms in total. The Bertz CT molecular complexity index is 349. The second-order valence-electron chi connectivity index (χ2n) is 2.03. The van der Waals surface area contributed by atoms with Crippen molar-refractivity contribution in [2.75, 3.05) is 12.3 Å². The van der Waals surface area contributed by atoms with Gasteiger partial charge in [-0.1, -0.05) is 12.1 Å². The molecule has 11 heavy (non-hydrogen) atoms. The van der Waals surface area contributed by atoms with Crippen molar-refractivity contribution in [2.45, 2.75) is 0 Å². The summed E-state index contributed by atoms with van der Waals surface area (Å²) in [6, 6.07) is 6.20. The fourth-order valence-corrected chi connectivity index (χ4v) is 0.807. The van der Waals surface area contributed by atoms with E-state index in [1.807, 2.05) is 0 Å². The van der Waals surface area contributed by atoms with Gasteiger partial charge in [-0.25, -0.2) is 0 Å².